The number of nitrogens with one attached hydrogen (secondary N) is 2. The third kappa shape index (κ3) is 4.46. The molecular weight excluding hydrogens is 433 g/mol. The van der Waals surface area contributed by atoms with Gasteiger partial charge in [-0.1, -0.05) is 6.08 Å². The van der Waals surface area contributed by atoms with Crippen LogP contribution < -0.4 is 15.4 Å². The molecule has 1 saturated carbocycles. The molecular formula is C26H28FN5O2. The standard InChI is InChI=1S/C26H28FN5O2/c1-17-13-18(6-7-20(17)27)30-25-19-14-22(23(34-2)15-21(19)28-16-29-25)31-24(33)5-3-11-32-12-4-8-26(32)9-10-26/h3,5-7,13-16H,4,8-12H2,1-2H3,(H,31,33)(H,28,29,30)/b5-3+. The zero-order chi connectivity index (χ0) is 23.7. The van der Waals surface area contributed by atoms with Crippen LogP contribution in [0.3, 0.4) is 0 Å². The molecule has 1 aromatic heterocycles. The van der Waals surface area contributed by atoms with E-state index in [2.05, 4.69) is 25.5 Å². The Hall–Kier alpha value is -3.52. The maximum atomic E-state index is 13.6. The molecule has 34 heavy (non-hydrogen) atoms. The molecule has 1 aliphatic carbocycles. The molecule has 7 nitrogen and oxygen atoms in total. The lowest BCUT2D eigenvalue weighted by molar-refractivity contribution is -0.111. The van der Waals surface area contributed by atoms with E-state index in [-0.39, 0.29) is 11.7 Å². The second-order valence-electron chi connectivity index (χ2n) is 9.05. The molecule has 0 unspecified atom stereocenters. The highest BCUT2D eigenvalue weighted by Crippen LogP contribution is 2.49. The summed E-state index contributed by atoms with van der Waals surface area (Å²) in [5.74, 6) is 0.571. The van der Waals surface area contributed by atoms with Gasteiger partial charge in [0.15, 0.2) is 0 Å². The van der Waals surface area contributed by atoms with E-state index in [0.29, 0.717) is 44.9 Å². The minimum absolute atomic E-state index is 0.220. The summed E-state index contributed by atoms with van der Waals surface area (Å²) in [6, 6.07) is 8.33. The van der Waals surface area contributed by atoms with Crippen LogP contribution in [0.25, 0.3) is 10.9 Å². The Bertz CT molecular complexity index is 1270. The van der Waals surface area contributed by atoms with Gasteiger partial charge in [0.1, 0.15) is 23.7 Å². The molecule has 5 rings (SSSR count). The lowest BCUT2D eigenvalue weighted by Crippen LogP contribution is -2.31. The van der Waals surface area contributed by atoms with Crippen molar-refractivity contribution in [1.82, 2.24) is 14.9 Å². The summed E-state index contributed by atoms with van der Waals surface area (Å²) < 4.78 is 19.1. The highest BCUT2D eigenvalue weighted by atomic mass is 19.1. The maximum absolute atomic E-state index is 13.6. The average Bonchev–Trinajstić information content (AvgIpc) is 3.50. The molecule has 2 aliphatic rings. The van der Waals surface area contributed by atoms with Gasteiger partial charge in [-0.25, -0.2) is 14.4 Å². The van der Waals surface area contributed by atoms with E-state index in [9.17, 15) is 9.18 Å². The van der Waals surface area contributed by atoms with Crippen molar-refractivity contribution in [2.75, 3.05) is 30.8 Å². The number of rotatable bonds is 7. The second kappa shape index (κ2) is 9.02. The minimum Gasteiger partial charge on any atom is -0.494 e. The van der Waals surface area contributed by atoms with E-state index in [1.165, 1.54) is 38.1 Å². The monoisotopic (exact) mass is 461 g/mol. The Labute approximate surface area is 198 Å². The Morgan fingerprint density at radius 3 is 2.85 bits per heavy atom. The number of methoxy groups -OCH3 is 1. The van der Waals surface area contributed by atoms with Crippen molar-refractivity contribution < 1.29 is 13.9 Å². The van der Waals surface area contributed by atoms with Gasteiger partial charge in [0, 0.05) is 35.3 Å². The smallest absolute Gasteiger partial charge is 0.248 e. The first-order chi connectivity index (χ1) is 16.5. The fraction of sp³-hybridized carbons (Fsp3) is 0.346. The van der Waals surface area contributed by atoms with E-state index in [1.807, 2.05) is 6.08 Å². The highest BCUT2D eigenvalue weighted by Gasteiger charge is 2.49. The van der Waals surface area contributed by atoms with Crippen molar-refractivity contribution >= 4 is 34.0 Å². The van der Waals surface area contributed by atoms with Crippen LogP contribution in [0.15, 0.2) is 48.8 Å². The molecule has 1 spiro atoms. The van der Waals surface area contributed by atoms with Crippen LogP contribution in [-0.2, 0) is 4.79 Å². The number of likely N-dealkylation sites (tertiary alicyclic amines) is 1. The molecule has 0 atom stereocenters. The van der Waals surface area contributed by atoms with Gasteiger partial charge in [-0.3, -0.25) is 9.69 Å². The first-order valence-electron chi connectivity index (χ1n) is 11.6. The largest absolute Gasteiger partial charge is 0.494 e. The lowest BCUT2D eigenvalue weighted by Gasteiger charge is -2.21. The summed E-state index contributed by atoms with van der Waals surface area (Å²) in [6.45, 7) is 3.61. The van der Waals surface area contributed by atoms with Crippen LogP contribution in [0.2, 0.25) is 0 Å². The van der Waals surface area contributed by atoms with Gasteiger partial charge in [0.2, 0.25) is 5.91 Å². The molecule has 3 aromatic rings. The normalized spacial score (nSPS) is 16.9. The third-order valence-corrected chi connectivity index (χ3v) is 6.80. The number of aryl methyl sites for hydroxylation is 1. The molecule has 1 aliphatic heterocycles. The quantitative estimate of drug-likeness (QED) is 0.485. The number of ether oxygens (including phenoxy) is 1. The number of benzene rings is 2. The molecule has 8 heteroatoms. The number of halogens is 1. The van der Waals surface area contributed by atoms with Crippen molar-refractivity contribution in [3.63, 3.8) is 0 Å². The van der Waals surface area contributed by atoms with Crippen molar-refractivity contribution in [2.45, 2.75) is 38.1 Å². The number of carbonyl (C=O) groups excluding carboxylic acids is 1. The molecule has 2 N–H and O–H groups in total. The van der Waals surface area contributed by atoms with Gasteiger partial charge in [-0.2, -0.15) is 0 Å². The number of hydrogen-bond donors (Lipinski definition) is 2. The lowest BCUT2D eigenvalue weighted by atomic mass is 10.1. The van der Waals surface area contributed by atoms with Crippen molar-refractivity contribution in [2.24, 2.45) is 0 Å². The SMILES string of the molecule is COc1cc2ncnc(Nc3ccc(F)c(C)c3)c2cc1NC(=O)/C=C/CN1CCCC12CC2. The number of nitrogens with zero attached hydrogens (tertiary/aromatic N) is 3. The molecule has 2 aromatic carbocycles. The number of fused-ring (bicyclic) bond motifs is 1. The van der Waals surface area contributed by atoms with Gasteiger partial charge in [0.05, 0.1) is 18.3 Å². The maximum Gasteiger partial charge on any atom is 0.248 e. The van der Waals surface area contributed by atoms with Crippen LogP contribution in [0, 0.1) is 12.7 Å². The summed E-state index contributed by atoms with van der Waals surface area (Å²) in [7, 11) is 1.55. The van der Waals surface area contributed by atoms with Gasteiger partial charge >= 0.3 is 0 Å². The first kappa shape index (κ1) is 22.3. The second-order valence-corrected chi connectivity index (χ2v) is 9.05. The average molecular weight is 462 g/mol. The van der Waals surface area contributed by atoms with Crippen LogP contribution in [0.5, 0.6) is 5.75 Å². The third-order valence-electron chi connectivity index (χ3n) is 6.80. The molecule has 0 bridgehead atoms. The summed E-state index contributed by atoms with van der Waals surface area (Å²) in [5, 5.41) is 6.85. The number of hydrogen-bond acceptors (Lipinski definition) is 6. The van der Waals surface area contributed by atoms with E-state index >= 15 is 0 Å². The van der Waals surface area contributed by atoms with Crippen LogP contribution in [-0.4, -0.2) is 46.5 Å². The summed E-state index contributed by atoms with van der Waals surface area (Å²) >= 11 is 0. The Kier molecular flexibility index (Phi) is 5.91. The number of carbonyl (C=O) groups is 1. The predicted octanol–water partition coefficient (Wildman–Crippen LogP) is 4.95. The van der Waals surface area contributed by atoms with Gasteiger partial charge in [0.25, 0.3) is 0 Å². The predicted molar refractivity (Wildman–Crippen MR) is 131 cm³/mol. The summed E-state index contributed by atoms with van der Waals surface area (Å²) in [5.41, 5.74) is 2.84. The number of amides is 1. The van der Waals surface area contributed by atoms with E-state index in [0.717, 1.165) is 13.1 Å². The number of aromatic nitrogens is 2. The zero-order valence-electron chi connectivity index (χ0n) is 19.4. The van der Waals surface area contributed by atoms with Crippen molar-refractivity contribution in [3.8, 4) is 5.75 Å². The van der Waals surface area contributed by atoms with E-state index < -0.39 is 0 Å². The summed E-state index contributed by atoms with van der Waals surface area (Å²) in [6.07, 6.45) is 10.0. The summed E-state index contributed by atoms with van der Waals surface area (Å²) in [4.78, 5) is 23.8. The molecule has 0 radical (unpaired) electrons. The van der Waals surface area contributed by atoms with Crippen LogP contribution in [0.1, 0.15) is 31.2 Å². The molecule has 1 amide bonds. The van der Waals surface area contributed by atoms with Gasteiger partial charge in [-0.05, 0) is 69.0 Å². The van der Waals surface area contributed by atoms with Crippen molar-refractivity contribution in [3.05, 3.63) is 60.2 Å². The molecule has 1 saturated heterocycles. The van der Waals surface area contributed by atoms with Crippen molar-refractivity contribution in [1.29, 1.82) is 0 Å². The Morgan fingerprint density at radius 1 is 1.24 bits per heavy atom. The van der Waals surface area contributed by atoms with Gasteiger partial charge in [-0.15, -0.1) is 0 Å². The fourth-order valence-electron chi connectivity index (χ4n) is 4.76. The Morgan fingerprint density at radius 2 is 2.09 bits per heavy atom. The molecule has 2 fully saturated rings. The van der Waals surface area contributed by atoms with E-state index in [1.54, 1.807) is 44.4 Å². The molecule has 176 valence electrons. The zero-order valence-corrected chi connectivity index (χ0v) is 19.4. The minimum atomic E-state index is -0.266. The Balaban J connectivity index is 1.35. The number of anilines is 3. The fourth-order valence-corrected chi connectivity index (χ4v) is 4.76. The van der Waals surface area contributed by atoms with Crippen LogP contribution in [0.4, 0.5) is 21.6 Å². The van der Waals surface area contributed by atoms with Crippen LogP contribution >= 0.6 is 0 Å². The topological polar surface area (TPSA) is 79.4 Å². The van der Waals surface area contributed by atoms with E-state index in [4.69, 9.17) is 4.74 Å². The first-order valence-corrected chi connectivity index (χ1v) is 11.6. The highest BCUT2D eigenvalue weighted by molar-refractivity contribution is 6.03. The molecule has 2 heterocycles. The van der Waals surface area contributed by atoms with Gasteiger partial charge < -0.3 is 15.4 Å².